The van der Waals surface area contributed by atoms with Crippen molar-refractivity contribution in [2.45, 2.75) is 13.0 Å². The SMILES string of the molecule is C[C@@H]1C(c2ccccc2)=NN(c2ccccc2)[C@H]1CO. The van der Waals surface area contributed by atoms with Crippen molar-refractivity contribution >= 4 is 11.4 Å². The normalized spacial score (nSPS) is 21.9. The minimum absolute atomic E-state index is 0.00685. The van der Waals surface area contributed by atoms with E-state index in [1.54, 1.807) is 0 Å². The van der Waals surface area contributed by atoms with Crippen LogP contribution in [0.15, 0.2) is 65.8 Å². The van der Waals surface area contributed by atoms with E-state index < -0.39 is 0 Å². The summed E-state index contributed by atoms with van der Waals surface area (Å²) in [5.41, 5.74) is 3.18. The van der Waals surface area contributed by atoms with Gasteiger partial charge < -0.3 is 5.11 Å². The van der Waals surface area contributed by atoms with Crippen LogP contribution >= 0.6 is 0 Å². The van der Waals surface area contributed by atoms with Crippen molar-refractivity contribution in [3.05, 3.63) is 66.2 Å². The van der Waals surface area contributed by atoms with Crippen LogP contribution in [0.25, 0.3) is 0 Å². The van der Waals surface area contributed by atoms with Gasteiger partial charge >= 0.3 is 0 Å². The quantitative estimate of drug-likeness (QED) is 0.927. The van der Waals surface area contributed by atoms with Gasteiger partial charge in [-0.05, 0) is 17.7 Å². The topological polar surface area (TPSA) is 35.8 Å². The Morgan fingerprint density at radius 3 is 2.20 bits per heavy atom. The van der Waals surface area contributed by atoms with Gasteiger partial charge in [-0.25, -0.2) is 0 Å². The smallest absolute Gasteiger partial charge is 0.0838 e. The average molecular weight is 266 g/mol. The van der Waals surface area contributed by atoms with Gasteiger partial charge in [-0.1, -0.05) is 55.5 Å². The van der Waals surface area contributed by atoms with Crippen molar-refractivity contribution in [2.24, 2.45) is 11.0 Å². The number of aliphatic hydroxyl groups excluding tert-OH is 1. The molecule has 2 aromatic carbocycles. The first-order chi connectivity index (χ1) is 9.81. The van der Waals surface area contributed by atoms with E-state index in [1.807, 2.05) is 53.5 Å². The highest BCUT2D eigenvalue weighted by Crippen LogP contribution is 2.30. The molecule has 102 valence electrons. The third kappa shape index (κ3) is 2.21. The van der Waals surface area contributed by atoms with E-state index in [-0.39, 0.29) is 18.6 Å². The molecule has 0 unspecified atom stereocenters. The van der Waals surface area contributed by atoms with Crippen LogP contribution in [0, 0.1) is 5.92 Å². The molecule has 0 radical (unpaired) electrons. The van der Waals surface area contributed by atoms with Gasteiger partial charge in [0.25, 0.3) is 0 Å². The third-order valence-electron chi connectivity index (χ3n) is 3.82. The second-order valence-electron chi connectivity index (χ2n) is 5.07. The molecule has 0 aliphatic carbocycles. The monoisotopic (exact) mass is 266 g/mol. The zero-order valence-corrected chi connectivity index (χ0v) is 11.5. The molecule has 1 N–H and O–H groups in total. The summed E-state index contributed by atoms with van der Waals surface area (Å²) < 4.78 is 0. The first-order valence-electron chi connectivity index (χ1n) is 6.90. The lowest BCUT2D eigenvalue weighted by atomic mass is 9.93. The molecular weight excluding hydrogens is 248 g/mol. The summed E-state index contributed by atoms with van der Waals surface area (Å²) in [6.07, 6.45) is 0. The van der Waals surface area contributed by atoms with Gasteiger partial charge in [0.15, 0.2) is 0 Å². The van der Waals surface area contributed by atoms with Crippen LogP contribution in [0.5, 0.6) is 0 Å². The highest BCUT2D eigenvalue weighted by Gasteiger charge is 2.34. The lowest BCUT2D eigenvalue weighted by Gasteiger charge is -2.24. The number of nitrogens with zero attached hydrogens (tertiary/aromatic N) is 2. The molecule has 1 aliphatic rings. The van der Waals surface area contributed by atoms with Gasteiger partial charge in [-0.2, -0.15) is 5.10 Å². The maximum atomic E-state index is 9.72. The number of benzene rings is 2. The van der Waals surface area contributed by atoms with Crippen molar-refractivity contribution in [3.63, 3.8) is 0 Å². The van der Waals surface area contributed by atoms with Gasteiger partial charge in [0.05, 0.1) is 24.0 Å². The van der Waals surface area contributed by atoms with E-state index in [2.05, 4.69) is 19.1 Å². The summed E-state index contributed by atoms with van der Waals surface area (Å²) in [5, 5.41) is 16.4. The summed E-state index contributed by atoms with van der Waals surface area (Å²) in [5.74, 6) is 0.197. The van der Waals surface area contributed by atoms with Crippen LogP contribution in [0.3, 0.4) is 0 Å². The second-order valence-corrected chi connectivity index (χ2v) is 5.07. The first-order valence-corrected chi connectivity index (χ1v) is 6.90. The molecule has 3 rings (SSSR count). The van der Waals surface area contributed by atoms with Crippen LogP contribution in [0.2, 0.25) is 0 Å². The number of hydrogen-bond donors (Lipinski definition) is 1. The Hall–Kier alpha value is -2.13. The summed E-state index contributed by atoms with van der Waals surface area (Å²) in [4.78, 5) is 0. The fraction of sp³-hybridized carbons (Fsp3) is 0.235. The molecule has 20 heavy (non-hydrogen) atoms. The van der Waals surface area contributed by atoms with Crippen LogP contribution in [0.4, 0.5) is 5.69 Å². The van der Waals surface area contributed by atoms with Gasteiger partial charge in [-0.15, -0.1) is 0 Å². The molecule has 0 bridgehead atoms. The van der Waals surface area contributed by atoms with Gasteiger partial charge in [0, 0.05) is 5.92 Å². The van der Waals surface area contributed by atoms with Crippen molar-refractivity contribution in [1.29, 1.82) is 0 Å². The molecule has 3 heteroatoms. The van der Waals surface area contributed by atoms with E-state index in [0.29, 0.717) is 0 Å². The molecule has 1 aliphatic heterocycles. The molecule has 3 nitrogen and oxygen atoms in total. The van der Waals surface area contributed by atoms with Gasteiger partial charge in [-0.3, -0.25) is 5.01 Å². The Morgan fingerprint density at radius 1 is 1.00 bits per heavy atom. The highest BCUT2D eigenvalue weighted by atomic mass is 16.3. The lowest BCUT2D eigenvalue weighted by molar-refractivity contribution is 0.250. The first kappa shape index (κ1) is 12.9. The number of hydrogen-bond acceptors (Lipinski definition) is 3. The van der Waals surface area contributed by atoms with E-state index in [1.165, 1.54) is 0 Å². The molecule has 0 amide bonds. The number of para-hydroxylation sites is 1. The number of aliphatic hydroxyl groups is 1. The van der Waals surface area contributed by atoms with Crippen molar-refractivity contribution in [2.75, 3.05) is 11.6 Å². The molecule has 0 aromatic heterocycles. The minimum atomic E-state index is -0.00685. The Labute approximate surface area is 119 Å². The Bertz CT molecular complexity index is 595. The fourth-order valence-corrected chi connectivity index (χ4v) is 2.67. The largest absolute Gasteiger partial charge is 0.394 e. The number of rotatable bonds is 3. The molecule has 0 saturated carbocycles. The average Bonchev–Trinajstić information content (AvgIpc) is 2.86. The summed E-state index contributed by atoms with van der Waals surface area (Å²) in [6, 6.07) is 20.2. The molecule has 2 atom stereocenters. The molecule has 0 fully saturated rings. The van der Waals surface area contributed by atoms with Crippen LogP contribution in [-0.4, -0.2) is 23.5 Å². The standard InChI is InChI=1S/C17H18N2O/c1-13-16(12-20)19(15-10-6-3-7-11-15)18-17(13)14-8-4-2-5-9-14/h2-11,13,16,20H,12H2,1H3/t13-,16-/m0/s1. The van der Waals surface area contributed by atoms with Crippen molar-refractivity contribution in [1.82, 2.24) is 0 Å². The van der Waals surface area contributed by atoms with E-state index >= 15 is 0 Å². The van der Waals surface area contributed by atoms with Gasteiger partial charge in [0.2, 0.25) is 0 Å². The van der Waals surface area contributed by atoms with Crippen molar-refractivity contribution in [3.8, 4) is 0 Å². The molecule has 0 spiro atoms. The highest BCUT2D eigenvalue weighted by molar-refractivity contribution is 6.04. The summed E-state index contributed by atoms with van der Waals surface area (Å²) >= 11 is 0. The predicted octanol–water partition coefficient (Wildman–Crippen LogP) is 2.91. The maximum Gasteiger partial charge on any atom is 0.0838 e. The molecule has 2 aromatic rings. The predicted molar refractivity (Wildman–Crippen MR) is 81.9 cm³/mol. The van der Waals surface area contributed by atoms with E-state index in [0.717, 1.165) is 17.0 Å². The number of anilines is 1. The van der Waals surface area contributed by atoms with E-state index in [9.17, 15) is 5.11 Å². The van der Waals surface area contributed by atoms with Gasteiger partial charge in [0.1, 0.15) is 0 Å². The Morgan fingerprint density at radius 2 is 1.60 bits per heavy atom. The van der Waals surface area contributed by atoms with Crippen LogP contribution in [-0.2, 0) is 0 Å². The Balaban J connectivity index is 2.00. The molecular formula is C17H18N2O. The minimum Gasteiger partial charge on any atom is -0.394 e. The second kappa shape index (κ2) is 5.47. The summed E-state index contributed by atoms with van der Waals surface area (Å²) in [6.45, 7) is 2.21. The zero-order chi connectivity index (χ0) is 13.9. The zero-order valence-electron chi connectivity index (χ0n) is 11.5. The maximum absolute atomic E-state index is 9.72. The Kier molecular flexibility index (Phi) is 3.52. The molecule has 0 saturated heterocycles. The van der Waals surface area contributed by atoms with Crippen LogP contribution in [0.1, 0.15) is 12.5 Å². The molecule has 1 heterocycles. The lowest BCUT2D eigenvalue weighted by Crippen LogP contribution is -2.35. The van der Waals surface area contributed by atoms with Crippen LogP contribution < -0.4 is 5.01 Å². The van der Waals surface area contributed by atoms with Crippen molar-refractivity contribution < 1.29 is 5.11 Å². The summed E-state index contributed by atoms with van der Waals surface area (Å²) in [7, 11) is 0. The van der Waals surface area contributed by atoms with E-state index in [4.69, 9.17) is 5.10 Å². The third-order valence-corrected chi connectivity index (χ3v) is 3.82. The number of hydrazone groups is 1. The fourth-order valence-electron chi connectivity index (χ4n) is 2.67.